The van der Waals surface area contributed by atoms with E-state index in [0.717, 1.165) is 10.8 Å². The highest BCUT2D eigenvalue weighted by molar-refractivity contribution is 4.86. The van der Waals surface area contributed by atoms with Crippen LogP contribution >= 0.6 is 0 Å². The number of hydrogen-bond acceptors (Lipinski definition) is 3. The molecule has 1 aromatic heterocycles. The molecule has 0 bridgehead atoms. The summed E-state index contributed by atoms with van der Waals surface area (Å²) >= 11 is 0. The first-order valence-electron chi connectivity index (χ1n) is 3.83. The summed E-state index contributed by atoms with van der Waals surface area (Å²) in [5.41, 5.74) is -1.87. The van der Waals surface area contributed by atoms with Crippen LogP contribution in [0.25, 0.3) is 0 Å². The Morgan fingerprint density at radius 3 is 2.64 bits per heavy atom. The van der Waals surface area contributed by atoms with Gasteiger partial charge < -0.3 is 9.85 Å². The van der Waals surface area contributed by atoms with E-state index in [2.05, 4.69) is 0 Å². The molecule has 14 heavy (non-hydrogen) atoms. The Bertz CT molecular complexity index is 443. The number of hydroxylamine groups is 3. The molecule has 0 aliphatic rings. The molecule has 0 radical (unpaired) electrons. The number of nitrogens with one attached hydrogen (secondary N) is 1. The van der Waals surface area contributed by atoms with Gasteiger partial charge in [-0.05, 0) is 0 Å². The second-order valence-electron chi connectivity index (χ2n) is 3.42. The first-order valence-corrected chi connectivity index (χ1v) is 3.83. The van der Waals surface area contributed by atoms with Crippen LogP contribution in [0.1, 0.15) is 0 Å². The SMILES string of the molecule is C[N+](C)([O-])Cn1cc(F)c(=O)[nH]c1=O. The molecule has 78 valence electrons. The average molecular weight is 203 g/mol. The molecular weight excluding hydrogens is 193 g/mol. The number of rotatable bonds is 2. The van der Waals surface area contributed by atoms with Crippen molar-refractivity contribution >= 4 is 0 Å². The third kappa shape index (κ3) is 2.51. The van der Waals surface area contributed by atoms with Gasteiger partial charge >= 0.3 is 5.69 Å². The van der Waals surface area contributed by atoms with Gasteiger partial charge in [0.05, 0.1) is 20.3 Å². The number of aromatic nitrogens is 2. The van der Waals surface area contributed by atoms with Crippen LogP contribution in [-0.2, 0) is 6.67 Å². The average Bonchev–Trinajstić information content (AvgIpc) is 1.97. The lowest BCUT2D eigenvalue weighted by Gasteiger charge is -2.33. The number of nitrogens with zero attached hydrogens (tertiary/aromatic N) is 2. The van der Waals surface area contributed by atoms with Crippen LogP contribution < -0.4 is 11.2 Å². The van der Waals surface area contributed by atoms with Crippen molar-refractivity contribution in [1.82, 2.24) is 9.55 Å². The van der Waals surface area contributed by atoms with Gasteiger partial charge in [0.15, 0.2) is 6.67 Å². The molecule has 0 spiro atoms. The van der Waals surface area contributed by atoms with Gasteiger partial charge in [-0.1, -0.05) is 0 Å². The largest absolute Gasteiger partial charge is 0.632 e. The van der Waals surface area contributed by atoms with Gasteiger partial charge in [0, 0.05) is 0 Å². The Balaban J connectivity index is 3.18. The van der Waals surface area contributed by atoms with E-state index >= 15 is 0 Å². The van der Waals surface area contributed by atoms with Crippen molar-refractivity contribution in [3.63, 3.8) is 0 Å². The fraction of sp³-hybridized carbons (Fsp3) is 0.429. The minimum Gasteiger partial charge on any atom is -0.632 e. The van der Waals surface area contributed by atoms with Crippen molar-refractivity contribution in [3.05, 3.63) is 38.1 Å². The molecule has 0 saturated heterocycles. The van der Waals surface area contributed by atoms with Crippen LogP contribution in [0.5, 0.6) is 0 Å². The van der Waals surface area contributed by atoms with Crippen molar-refractivity contribution in [1.29, 1.82) is 0 Å². The minimum absolute atomic E-state index is 0.257. The maximum atomic E-state index is 12.7. The summed E-state index contributed by atoms with van der Waals surface area (Å²) < 4.78 is 12.8. The molecule has 1 aromatic rings. The number of halogens is 1. The zero-order chi connectivity index (χ0) is 10.9. The van der Waals surface area contributed by atoms with Gasteiger partial charge in [-0.3, -0.25) is 9.78 Å². The zero-order valence-corrected chi connectivity index (χ0v) is 7.78. The maximum Gasteiger partial charge on any atom is 0.332 e. The molecule has 0 aromatic carbocycles. The lowest BCUT2D eigenvalue weighted by molar-refractivity contribution is -0.863. The van der Waals surface area contributed by atoms with Crippen LogP contribution in [0.3, 0.4) is 0 Å². The summed E-state index contributed by atoms with van der Waals surface area (Å²) in [6.45, 7) is -0.257. The predicted octanol–water partition coefficient (Wildman–Crippen LogP) is -0.793. The molecule has 0 fully saturated rings. The van der Waals surface area contributed by atoms with Gasteiger partial charge in [-0.2, -0.15) is 4.39 Å². The van der Waals surface area contributed by atoms with E-state index in [-0.39, 0.29) is 6.67 Å². The zero-order valence-electron chi connectivity index (χ0n) is 7.78. The van der Waals surface area contributed by atoms with E-state index in [0.29, 0.717) is 0 Å². The normalized spacial score (nSPS) is 11.7. The monoisotopic (exact) mass is 203 g/mol. The van der Waals surface area contributed by atoms with Gasteiger partial charge in [0.25, 0.3) is 5.56 Å². The standard InChI is InChI=1S/C7H10FN3O3/c1-11(2,14)4-10-3-5(8)6(12)9-7(10)13/h3H,4H2,1-2H3,(H,9,12,13). The van der Waals surface area contributed by atoms with Crippen LogP contribution in [0.15, 0.2) is 15.8 Å². The molecular formula is C7H10FN3O3. The second-order valence-corrected chi connectivity index (χ2v) is 3.42. The van der Waals surface area contributed by atoms with Gasteiger partial charge in [0.2, 0.25) is 5.82 Å². The molecule has 0 atom stereocenters. The molecule has 0 amide bonds. The second kappa shape index (κ2) is 3.35. The Hall–Kier alpha value is -1.47. The van der Waals surface area contributed by atoms with Crippen molar-refractivity contribution in [2.45, 2.75) is 6.67 Å². The van der Waals surface area contributed by atoms with Crippen molar-refractivity contribution in [2.75, 3.05) is 14.1 Å². The van der Waals surface area contributed by atoms with Gasteiger partial charge in [-0.15, -0.1) is 0 Å². The van der Waals surface area contributed by atoms with E-state index in [1.54, 1.807) is 4.98 Å². The summed E-state index contributed by atoms with van der Waals surface area (Å²) in [7, 11) is 2.60. The van der Waals surface area contributed by atoms with Crippen LogP contribution in [0, 0.1) is 11.0 Å². The highest BCUT2D eigenvalue weighted by atomic mass is 19.1. The van der Waals surface area contributed by atoms with Crippen LogP contribution in [-0.4, -0.2) is 28.3 Å². The van der Waals surface area contributed by atoms with E-state index in [1.165, 1.54) is 14.1 Å². The van der Waals surface area contributed by atoms with E-state index in [4.69, 9.17) is 0 Å². The van der Waals surface area contributed by atoms with Crippen molar-refractivity contribution in [2.24, 2.45) is 0 Å². The highest BCUT2D eigenvalue weighted by Gasteiger charge is 2.08. The molecule has 0 saturated carbocycles. The summed E-state index contributed by atoms with van der Waals surface area (Å²) in [6, 6.07) is 0. The first kappa shape index (κ1) is 10.6. The number of H-pyrrole nitrogens is 1. The number of quaternary nitrogens is 1. The van der Waals surface area contributed by atoms with Gasteiger partial charge in [-0.25, -0.2) is 9.36 Å². The third-order valence-corrected chi connectivity index (χ3v) is 1.46. The summed E-state index contributed by atoms with van der Waals surface area (Å²) in [6.07, 6.45) is 0.721. The molecule has 1 heterocycles. The highest BCUT2D eigenvalue weighted by Crippen LogP contribution is 1.95. The Morgan fingerprint density at radius 2 is 2.14 bits per heavy atom. The van der Waals surface area contributed by atoms with E-state index in [9.17, 15) is 19.2 Å². The molecule has 1 rings (SSSR count). The van der Waals surface area contributed by atoms with Crippen LogP contribution in [0.2, 0.25) is 0 Å². The first-order chi connectivity index (χ1) is 6.29. The molecule has 0 aliphatic heterocycles. The Labute approximate surface area is 78.4 Å². The quantitative estimate of drug-likeness (QED) is 0.505. The molecule has 1 N–H and O–H groups in total. The molecule has 6 nitrogen and oxygen atoms in total. The summed E-state index contributed by atoms with van der Waals surface area (Å²) in [4.78, 5) is 23.4. The van der Waals surface area contributed by atoms with Crippen molar-refractivity contribution < 1.29 is 9.04 Å². The summed E-state index contributed by atoms with van der Waals surface area (Å²) in [5, 5.41) is 11.2. The lowest BCUT2D eigenvalue weighted by atomic mass is 10.6. The smallest absolute Gasteiger partial charge is 0.332 e. The van der Waals surface area contributed by atoms with Crippen LogP contribution in [0.4, 0.5) is 4.39 Å². The number of hydrogen-bond donors (Lipinski definition) is 1. The third-order valence-electron chi connectivity index (χ3n) is 1.46. The topological polar surface area (TPSA) is 77.9 Å². The minimum atomic E-state index is -1.09. The van der Waals surface area contributed by atoms with Gasteiger partial charge in [0.1, 0.15) is 0 Å². The summed E-state index contributed by atoms with van der Waals surface area (Å²) in [5.74, 6) is -1.09. The molecule has 0 aliphatic carbocycles. The molecule has 0 unspecified atom stereocenters. The molecule has 7 heteroatoms. The fourth-order valence-corrected chi connectivity index (χ4v) is 0.955. The lowest BCUT2D eigenvalue weighted by Crippen LogP contribution is -2.41. The van der Waals surface area contributed by atoms with E-state index in [1.807, 2.05) is 0 Å². The Morgan fingerprint density at radius 1 is 1.57 bits per heavy atom. The maximum absolute atomic E-state index is 12.7. The van der Waals surface area contributed by atoms with E-state index < -0.39 is 21.7 Å². The Kier molecular flexibility index (Phi) is 2.54. The number of aromatic amines is 1. The predicted molar refractivity (Wildman–Crippen MR) is 46.8 cm³/mol. The fourth-order valence-electron chi connectivity index (χ4n) is 0.955. The van der Waals surface area contributed by atoms with Crippen molar-refractivity contribution in [3.8, 4) is 0 Å².